The summed E-state index contributed by atoms with van der Waals surface area (Å²) in [6.07, 6.45) is -0.0898. The molecule has 0 spiro atoms. The summed E-state index contributed by atoms with van der Waals surface area (Å²) in [5, 5.41) is 22.5. The molecule has 7 nitrogen and oxygen atoms in total. The van der Waals surface area contributed by atoms with Gasteiger partial charge in [-0.1, -0.05) is 17.3 Å². The molecule has 1 aromatic carbocycles. The third-order valence-corrected chi connectivity index (χ3v) is 2.65. The Hall–Kier alpha value is -2.44. The number of ether oxygens (including phenoxy) is 1. The lowest BCUT2D eigenvalue weighted by Gasteiger charge is -2.12. The zero-order chi connectivity index (χ0) is 13.7. The number of aromatic nitrogens is 4. The Labute approximate surface area is 109 Å². The standard InChI is InChI=1S/C12H14N4O3/c1-2-19-9-5-3-8(4-6-9)10(7-11(17)18)12-13-15-16-14-12/h3-6,10H,2,7H2,1H3,(H,17,18)(H,13,14,15,16). The molecule has 7 heteroatoms. The predicted octanol–water partition coefficient (Wildman–Crippen LogP) is 1.20. The van der Waals surface area contributed by atoms with Gasteiger partial charge in [0.25, 0.3) is 0 Å². The normalized spacial score (nSPS) is 12.1. The van der Waals surface area contributed by atoms with Gasteiger partial charge >= 0.3 is 5.97 Å². The summed E-state index contributed by atoms with van der Waals surface area (Å²) in [7, 11) is 0. The first-order chi connectivity index (χ1) is 9.20. The summed E-state index contributed by atoms with van der Waals surface area (Å²) in [5.74, 6) is -0.226. The van der Waals surface area contributed by atoms with Gasteiger partial charge in [-0.25, -0.2) is 0 Å². The predicted molar refractivity (Wildman–Crippen MR) is 65.9 cm³/mol. The minimum Gasteiger partial charge on any atom is -0.494 e. The molecule has 0 amide bonds. The Morgan fingerprint density at radius 1 is 1.42 bits per heavy atom. The number of carbonyl (C=O) groups is 1. The molecule has 19 heavy (non-hydrogen) atoms. The monoisotopic (exact) mass is 262 g/mol. The van der Waals surface area contributed by atoms with E-state index < -0.39 is 11.9 Å². The molecule has 1 aromatic heterocycles. The SMILES string of the molecule is CCOc1ccc(C(CC(=O)O)c2nn[nH]n2)cc1. The van der Waals surface area contributed by atoms with E-state index in [4.69, 9.17) is 9.84 Å². The van der Waals surface area contributed by atoms with Crippen molar-refractivity contribution in [2.75, 3.05) is 6.61 Å². The van der Waals surface area contributed by atoms with Crippen LogP contribution in [-0.2, 0) is 4.79 Å². The van der Waals surface area contributed by atoms with Gasteiger partial charge < -0.3 is 9.84 Å². The van der Waals surface area contributed by atoms with E-state index in [9.17, 15) is 4.79 Å². The number of benzene rings is 1. The van der Waals surface area contributed by atoms with Gasteiger partial charge in [0.2, 0.25) is 0 Å². The van der Waals surface area contributed by atoms with Crippen LogP contribution in [0.2, 0.25) is 0 Å². The first-order valence-corrected chi connectivity index (χ1v) is 5.88. The average Bonchev–Trinajstić information content (AvgIpc) is 2.91. The van der Waals surface area contributed by atoms with Gasteiger partial charge in [-0.2, -0.15) is 5.21 Å². The summed E-state index contributed by atoms with van der Waals surface area (Å²) >= 11 is 0. The topological polar surface area (TPSA) is 101 Å². The summed E-state index contributed by atoms with van der Waals surface area (Å²) in [6, 6.07) is 7.23. The Morgan fingerprint density at radius 2 is 2.16 bits per heavy atom. The second kappa shape index (κ2) is 5.94. The van der Waals surface area contributed by atoms with Crippen molar-refractivity contribution in [2.24, 2.45) is 0 Å². The van der Waals surface area contributed by atoms with Crippen molar-refractivity contribution in [1.82, 2.24) is 20.6 Å². The van der Waals surface area contributed by atoms with Gasteiger partial charge in [-0.05, 0) is 24.6 Å². The molecule has 1 unspecified atom stereocenters. The highest BCUT2D eigenvalue weighted by molar-refractivity contribution is 5.68. The Morgan fingerprint density at radius 3 is 2.68 bits per heavy atom. The first-order valence-electron chi connectivity index (χ1n) is 5.88. The Bertz CT molecular complexity index is 524. The minimum absolute atomic E-state index is 0.0898. The molecule has 0 aliphatic heterocycles. The van der Waals surface area contributed by atoms with E-state index in [1.165, 1.54) is 0 Å². The molecule has 0 radical (unpaired) electrons. The molecule has 100 valence electrons. The van der Waals surface area contributed by atoms with Crippen LogP contribution in [0.4, 0.5) is 0 Å². The molecule has 0 bridgehead atoms. The van der Waals surface area contributed by atoms with Crippen molar-refractivity contribution in [3.8, 4) is 5.75 Å². The molecular formula is C12H14N4O3. The fourth-order valence-electron chi connectivity index (χ4n) is 1.81. The van der Waals surface area contributed by atoms with Gasteiger partial charge in [0.05, 0.1) is 18.9 Å². The number of carboxylic acid groups (broad SMARTS) is 1. The van der Waals surface area contributed by atoms with E-state index in [0.717, 1.165) is 11.3 Å². The third-order valence-electron chi connectivity index (χ3n) is 2.65. The Balaban J connectivity index is 2.25. The van der Waals surface area contributed by atoms with Crippen molar-refractivity contribution < 1.29 is 14.6 Å². The highest BCUT2D eigenvalue weighted by Gasteiger charge is 2.21. The van der Waals surface area contributed by atoms with Crippen LogP contribution in [0.5, 0.6) is 5.75 Å². The van der Waals surface area contributed by atoms with Gasteiger partial charge in [0.1, 0.15) is 5.75 Å². The fourth-order valence-corrected chi connectivity index (χ4v) is 1.81. The van der Waals surface area contributed by atoms with E-state index in [1.54, 1.807) is 12.1 Å². The van der Waals surface area contributed by atoms with Gasteiger partial charge in [0.15, 0.2) is 5.82 Å². The lowest BCUT2D eigenvalue weighted by atomic mass is 9.95. The maximum atomic E-state index is 10.9. The lowest BCUT2D eigenvalue weighted by molar-refractivity contribution is -0.137. The van der Waals surface area contributed by atoms with E-state index in [2.05, 4.69) is 20.6 Å². The number of nitrogens with zero attached hydrogens (tertiary/aromatic N) is 3. The second-order valence-corrected chi connectivity index (χ2v) is 3.92. The third kappa shape index (κ3) is 3.27. The van der Waals surface area contributed by atoms with Crippen molar-refractivity contribution in [1.29, 1.82) is 0 Å². The van der Waals surface area contributed by atoms with E-state index in [0.29, 0.717) is 12.4 Å². The smallest absolute Gasteiger partial charge is 0.304 e. The zero-order valence-electron chi connectivity index (χ0n) is 10.4. The van der Waals surface area contributed by atoms with Crippen LogP contribution in [0.15, 0.2) is 24.3 Å². The van der Waals surface area contributed by atoms with Crippen LogP contribution in [0.3, 0.4) is 0 Å². The van der Waals surface area contributed by atoms with Crippen LogP contribution < -0.4 is 4.74 Å². The summed E-state index contributed by atoms with van der Waals surface area (Å²) in [5.41, 5.74) is 0.812. The molecular weight excluding hydrogens is 248 g/mol. The van der Waals surface area contributed by atoms with Crippen LogP contribution in [0.25, 0.3) is 0 Å². The maximum absolute atomic E-state index is 10.9. The maximum Gasteiger partial charge on any atom is 0.304 e. The Kier molecular flexibility index (Phi) is 4.07. The summed E-state index contributed by atoms with van der Waals surface area (Å²) in [4.78, 5) is 10.9. The quantitative estimate of drug-likeness (QED) is 0.811. The number of aromatic amines is 1. The molecule has 0 saturated carbocycles. The van der Waals surface area contributed by atoms with Gasteiger partial charge in [0, 0.05) is 0 Å². The number of H-pyrrole nitrogens is 1. The molecule has 0 fully saturated rings. The summed E-state index contributed by atoms with van der Waals surface area (Å²) < 4.78 is 5.35. The molecule has 1 atom stereocenters. The van der Waals surface area contributed by atoms with E-state index in [-0.39, 0.29) is 6.42 Å². The number of carboxylic acids is 1. The van der Waals surface area contributed by atoms with Gasteiger partial charge in [-0.15, -0.1) is 10.2 Å². The zero-order valence-corrected chi connectivity index (χ0v) is 10.4. The molecule has 2 aromatic rings. The number of tetrazole rings is 1. The van der Waals surface area contributed by atoms with Crippen molar-refractivity contribution in [2.45, 2.75) is 19.3 Å². The highest BCUT2D eigenvalue weighted by atomic mass is 16.5. The molecule has 1 heterocycles. The molecule has 0 aliphatic carbocycles. The van der Waals surface area contributed by atoms with Gasteiger partial charge in [-0.3, -0.25) is 4.79 Å². The van der Waals surface area contributed by atoms with Crippen LogP contribution in [0, 0.1) is 0 Å². The second-order valence-electron chi connectivity index (χ2n) is 3.92. The number of hydrogen-bond donors (Lipinski definition) is 2. The summed E-state index contributed by atoms with van der Waals surface area (Å²) in [6.45, 7) is 2.49. The average molecular weight is 262 g/mol. The highest BCUT2D eigenvalue weighted by Crippen LogP contribution is 2.26. The van der Waals surface area contributed by atoms with Crippen molar-refractivity contribution >= 4 is 5.97 Å². The fraction of sp³-hybridized carbons (Fsp3) is 0.333. The largest absolute Gasteiger partial charge is 0.494 e. The first kappa shape index (κ1) is 13.0. The van der Waals surface area contributed by atoms with Crippen LogP contribution >= 0.6 is 0 Å². The van der Waals surface area contributed by atoms with E-state index >= 15 is 0 Å². The van der Waals surface area contributed by atoms with E-state index in [1.807, 2.05) is 19.1 Å². The molecule has 0 aliphatic rings. The van der Waals surface area contributed by atoms with Crippen LogP contribution in [-0.4, -0.2) is 38.3 Å². The van der Waals surface area contributed by atoms with Crippen LogP contribution in [0.1, 0.15) is 30.7 Å². The lowest BCUT2D eigenvalue weighted by Crippen LogP contribution is -2.09. The number of nitrogens with one attached hydrogen (secondary N) is 1. The van der Waals surface area contributed by atoms with Crippen molar-refractivity contribution in [3.63, 3.8) is 0 Å². The number of hydrogen-bond acceptors (Lipinski definition) is 5. The minimum atomic E-state index is -0.913. The molecule has 0 saturated heterocycles. The molecule has 2 rings (SSSR count). The molecule has 2 N–H and O–H groups in total. The number of rotatable bonds is 6. The number of aliphatic carboxylic acids is 1. The van der Waals surface area contributed by atoms with Crippen molar-refractivity contribution in [3.05, 3.63) is 35.7 Å².